The Hall–Kier alpha value is -1.04. The van der Waals surface area contributed by atoms with Crippen molar-refractivity contribution >= 4 is 11.6 Å². The van der Waals surface area contributed by atoms with Crippen LogP contribution in [0.1, 0.15) is 73.1 Å². The molecular formula is C26H40O5. The number of carbonyl (C=O) groups is 2. The quantitative estimate of drug-likeness (QED) is 0.692. The molecule has 3 saturated carbocycles. The Bertz CT molecular complexity index is 789. The Morgan fingerprint density at radius 2 is 1.97 bits per heavy atom. The number of carbonyl (C=O) groups excluding carboxylic acids is 2. The zero-order valence-electron chi connectivity index (χ0n) is 19.8. The van der Waals surface area contributed by atoms with E-state index in [4.69, 9.17) is 4.74 Å². The van der Waals surface area contributed by atoms with Crippen LogP contribution in [-0.4, -0.2) is 46.7 Å². The summed E-state index contributed by atoms with van der Waals surface area (Å²) in [6.45, 7) is 10.7. The molecule has 0 heterocycles. The largest absolute Gasteiger partial charge is 0.393 e. The lowest BCUT2D eigenvalue weighted by molar-refractivity contribution is -0.204. The van der Waals surface area contributed by atoms with Gasteiger partial charge in [-0.15, -0.1) is 0 Å². The number of ether oxygens (including phenoxy) is 1. The molecule has 4 aliphatic rings. The smallest absolute Gasteiger partial charge is 0.190 e. The third kappa shape index (κ3) is 2.99. The van der Waals surface area contributed by atoms with Gasteiger partial charge in [-0.05, 0) is 73.2 Å². The van der Waals surface area contributed by atoms with Gasteiger partial charge in [0.05, 0.1) is 6.10 Å². The second-order valence-corrected chi connectivity index (χ2v) is 11.4. The first-order valence-corrected chi connectivity index (χ1v) is 12.3. The summed E-state index contributed by atoms with van der Waals surface area (Å²) >= 11 is 0. The molecule has 0 aromatic carbocycles. The zero-order valence-corrected chi connectivity index (χ0v) is 19.8. The minimum atomic E-state index is -1.04. The maximum Gasteiger partial charge on any atom is 0.190 e. The molecule has 4 aliphatic carbocycles. The average molecular weight is 433 g/mol. The number of fused-ring (bicyclic) bond motifs is 5. The van der Waals surface area contributed by atoms with Crippen LogP contribution in [-0.2, 0) is 14.3 Å². The number of rotatable bonds is 5. The Balaban J connectivity index is 1.80. The summed E-state index contributed by atoms with van der Waals surface area (Å²) in [6.07, 6.45) is 5.78. The molecule has 5 nitrogen and oxygen atoms in total. The van der Waals surface area contributed by atoms with Crippen molar-refractivity contribution in [2.75, 3.05) is 13.2 Å². The van der Waals surface area contributed by atoms with Crippen LogP contribution in [0, 0.1) is 40.4 Å². The number of allylic oxidation sites excluding steroid dienone is 1. The van der Waals surface area contributed by atoms with Crippen LogP contribution in [0.2, 0.25) is 0 Å². The molecule has 9 atom stereocenters. The third-order valence-electron chi connectivity index (χ3n) is 9.84. The van der Waals surface area contributed by atoms with Crippen molar-refractivity contribution in [3.8, 4) is 0 Å². The number of ketones is 2. The van der Waals surface area contributed by atoms with Gasteiger partial charge in [0.15, 0.2) is 11.6 Å². The molecule has 3 fully saturated rings. The van der Waals surface area contributed by atoms with Crippen molar-refractivity contribution < 1.29 is 24.5 Å². The van der Waals surface area contributed by atoms with E-state index in [0.717, 1.165) is 25.7 Å². The van der Waals surface area contributed by atoms with Gasteiger partial charge in [0.2, 0.25) is 0 Å². The summed E-state index contributed by atoms with van der Waals surface area (Å²) in [5, 5.41) is 21.5. The highest BCUT2D eigenvalue weighted by molar-refractivity contribution is 5.92. The summed E-state index contributed by atoms with van der Waals surface area (Å²) in [7, 11) is 0. The van der Waals surface area contributed by atoms with E-state index in [-0.39, 0.29) is 40.7 Å². The number of aliphatic hydroxyl groups excluding tert-OH is 2. The topological polar surface area (TPSA) is 83.8 Å². The normalized spacial score (nSPS) is 49.1. The fourth-order valence-corrected chi connectivity index (χ4v) is 8.80. The molecule has 5 heteroatoms. The lowest BCUT2D eigenvalue weighted by Crippen LogP contribution is -2.64. The van der Waals surface area contributed by atoms with E-state index in [1.807, 2.05) is 13.0 Å². The Kier molecular flexibility index (Phi) is 5.80. The molecule has 0 aromatic heterocycles. The van der Waals surface area contributed by atoms with Crippen LogP contribution < -0.4 is 0 Å². The molecule has 31 heavy (non-hydrogen) atoms. The predicted molar refractivity (Wildman–Crippen MR) is 118 cm³/mol. The maximum atomic E-state index is 13.3. The van der Waals surface area contributed by atoms with E-state index < -0.39 is 23.7 Å². The first-order chi connectivity index (χ1) is 14.6. The SMILES string of the molecule is CCCO[C@]1(C(=O)CO)[C@H](C)C[C@H]2[C@@H]3C[C@H](C)C4=CC(=O)CC[C@]4(C)[C@H]3[C@@H](O)C[C@@]21C. The fraction of sp³-hybridized carbons (Fsp3) is 0.846. The van der Waals surface area contributed by atoms with Gasteiger partial charge in [0, 0.05) is 18.4 Å². The molecule has 0 radical (unpaired) electrons. The van der Waals surface area contributed by atoms with Gasteiger partial charge in [-0.2, -0.15) is 0 Å². The Labute approximate surface area is 186 Å². The highest BCUT2D eigenvalue weighted by Gasteiger charge is 2.71. The van der Waals surface area contributed by atoms with Crippen molar-refractivity contribution in [1.29, 1.82) is 0 Å². The van der Waals surface area contributed by atoms with Gasteiger partial charge >= 0.3 is 0 Å². The van der Waals surface area contributed by atoms with Gasteiger partial charge in [0.25, 0.3) is 0 Å². The summed E-state index contributed by atoms with van der Waals surface area (Å²) in [6, 6.07) is 0. The molecule has 0 bridgehead atoms. The minimum Gasteiger partial charge on any atom is -0.393 e. The Morgan fingerprint density at radius 3 is 2.61 bits per heavy atom. The molecule has 0 unspecified atom stereocenters. The molecular weight excluding hydrogens is 392 g/mol. The first kappa shape index (κ1) is 23.1. The van der Waals surface area contributed by atoms with Crippen molar-refractivity contribution in [3.05, 3.63) is 11.6 Å². The summed E-state index contributed by atoms with van der Waals surface area (Å²) in [5.74, 6) is 0.889. The fourth-order valence-electron chi connectivity index (χ4n) is 8.80. The number of hydrogen-bond donors (Lipinski definition) is 2. The van der Waals surface area contributed by atoms with E-state index in [2.05, 4.69) is 27.7 Å². The van der Waals surface area contributed by atoms with Crippen molar-refractivity contribution in [1.82, 2.24) is 0 Å². The Morgan fingerprint density at radius 1 is 1.26 bits per heavy atom. The first-order valence-electron chi connectivity index (χ1n) is 12.3. The van der Waals surface area contributed by atoms with E-state index >= 15 is 0 Å². The van der Waals surface area contributed by atoms with Gasteiger partial charge < -0.3 is 14.9 Å². The second-order valence-electron chi connectivity index (χ2n) is 11.4. The van der Waals surface area contributed by atoms with E-state index in [9.17, 15) is 19.8 Å². The van der Waals surface area contributed by atoms with Crippen LogP contribution in [0.3, 0.4) is 0 Å². The van der Waals surface area contributed by atoms with E-state index in [0.29, 0.717) is 25.4 Å². The van der Waals surface area contributed by atoms with Crippen LogP contribution in [0.15, 0.2) is 11.6 Å². The van der Waals surface area contributed by atoms with Crippen LogP contribution in [0.25, 0.3) is 0 Å². The standard InChI is InChI=1S/C26H40O5/c1-6-9-31-26(22(30)14-27)16(3)11-20-18-10-15(2)19-12-17(28)7-8-24(19,4)23(18)21(29)13-25(20,26)5/h12,15-16,18,20-21,23,27,29H,6-11,13-14H2,1-5H3/t15-,16+,18-,20-,21-,23+,24-,25-,26-/m0/s1. The number of Topliss-reactive ketones (excluding diaryl/α,β-unsaturated/α-hetero) is 1. The van der Waals surface area contributed by atoms with E-state index in [1.54, 1.807) is 0 Å². The van der Waals surface area contributed by atoms with Gasteiger partial charge in [-0.25, -0.2) is 0 Å². The minimum absolute atomic E-state index is 0.00682. The molecule has 174 valence electrons. The lowest BCUT2D eigenvalue weighted by atomic mass is 9.44. The summed E-state index contributed by atoms with van der Waals surface area (Å²) in [5.41, 5.74) is -0.504. The molecule has 0 spiro atoms. The van der Waals surface area contributed by atoms with Crippen molar-refractivity contribution in [3.63, 3.8) is 0 Å². The monoisotopic (exact) mass is 432 g/mol. The third-order valence-corrected chi connectivity index (χ3v) is 9.84. The highest BCUT2D eigenvalue weighted by atomic mass is 16.5. The van der Waals surface area contributed by atoms with Crippen LogP contribution in [0.4, 0.5) is 0 Å². The number of aliphatic hydroxyl groups is 2. The lowest BCUT2D eigenvalue weighted by Gasteiger charge is -2.62. The van der Waals surface area contributed by atoms with Gasteiger partial charge in [0.1, 0.15) is 12.2 Å². The summed E-state index contributed by atoms with van der Waals surface area (Å²) in [4.78, 5) is 25.5. The highest BCUT2D eigenvalue weighted by Crippen LogP contribution is 2.70. The summed E-state index contributed by atoms with van der Waals surface area (Å²) < 4.78 is 6.40. The van der Waals surface area contributed by atoms with Gasteiger partial charge in [-0.1, -0.05) is 40.2 Å². The molecule has 0 aromatic rings. The number of hydrogen-bond acceptors (Lipinski definition) is 5. The average Bonchev–Trinajstić information content (AvgIpc) is 2.94. The molecule has 2 N–H and O–H groups in total. The van der Waals surface area contributed by atoms with Crippen LogP contribution >= 0.6 is 0 Å². The molecule has 0 amide bonds. The van der Waals surface area contributed by atoms with Crippen molar-refractivity contribution in [2.45, 2.75) is 84.8 Å². The molecule has 4 rings (SSSR count). The van der Waals surface area contributed by atoms with E-state index in [1.165, 1.54) is 5.57 Å². The predicted octanol–water partition coefficient (Wildman–Crippen LogP) is 3.71. The van der Waals surface area contributed by atoms with Crippen LogP contribution in [0.5, 0.6) is 0 Å². The molecule has 0 aliphatic heterocycles. The van der Waals surface area contributed by atoms with Gasteiger partial charge in [-0.3, -0.25) is 9.59 Å². The molecule has 0 saturated heterocycles. The van der Waals surface area contributed by atoms with Crippen molar-refractivity contribution in [2.24, 2.45) is 40.4 Å². The maximum absolute atomic E-state index is 13.3. The second kappa shape index (κ2) is 7.78. The zero-order chi connectivity index (χ0) is 22.8.